The summed E-state index contributed by atoms with van der Waals surface area (Å²) in [7, 11) is 0. The van der Waals surface area contributed by atoms with Crippen molar-refractivity contribution in [3.63, 3.8) is 0 Å². The molecule has 0 saturated carbocycles. The van der Waals surface area contributed by atoms with E-state index in [1.807, 2.05) is 41.7 Å². The molecule has 0 amide bonds. The Bertz CT molecular complexity index is 2880. The highest BCUT2D eigenvalue weighted by molar-refractivity contribution is 7.26. The van der Waals surface area contributed by atoms with E-state index in [2.05, 4.69) is 174 Å². The van der Waals surface area contributed by atoms with Gasteiger partial charge >= 0.3 is 0 Å². The molecule has 8 aromatic carbocycles. The molecule has 0 aliphatic rings. The molecule has 3 nitrogen and oxygen atoms in total. The number of rotatable bonds is 7. The van der Waals surface area contributed by atoms with Crippen LogP contribution in [0.5, 0.6) is 0 Å². The van der Waals surface area contributed by atoms with Gasteiger partial charge in [-0.15, -0.1) is 21.5 Å². The second kappa shape index (κ2) is 13.6. The van der Waals surface area contributed by atoms with Crippen LogP contribution in [0.2, 0.25) is 0 Å². The first kappa shape index (κ1) is 31.8. The van der Waals surface area contributed by atoms with Crippen LogP contribution in [-0.4, -0.2) is 10.2 Å². The summed E-state index contributed by atoms with van der Waals surface area (Å²) >= 11 is 1.85. The Kier molecular flexibility index (Phi) is 8.01. The van der Waals surface area contributed by atoms with Crippen LogP contribution in [-0.2, 0) is 0 Å². The third-order valence-corrected chi connectivity index (χ3v) is 11.3. The van der Waals surface area contributed by atoms with Crippen LogP contribution in [0.4, 0.5) is 0 Å². The molecule has 0 bridgehead atoms. The van der Waals surface area contributed by atoms with Crippen LogP contribution in [0.15, 0.2) is 199 Å². The third kappa shape index (κ3) is 5.99. The predicted molar refractivity (Wildman–Crippen MR) is 225 cm³/mol. The molecule has 0 saturated heterocycles. The highest BCUT2D eigenvalue weighted by Crippen LogP contribution is 2.44. The van der Waals surface area contributed by atoms with Crippen molar-refractivity contribution < 1.29 is 4.42 Å². The zero-order valence-corrected chi connectivity index (χ0v) is 30.0. The van der Waals surface area contributed by atoms with Crippen molar-refractivity contribution in [1.29, 1.82) is 0 Å². The molecule has 0 aliphatic heterocycles. The minimum absolute atomic E-state index is 0.504. The Hall–Kier alpha value is -6.88. The van der Waals surface area contributed by atoms with Gasteiger partial charge in [0.2, 0.25) is 11.8 Å². The Labute approximate surface area is 317 Å². The molecule has 2 heterocycles. The van der Waals surface area contributed by atoms with Crippen LogP contribution in [0.3, 0.4) is 0 Å². The molecule has 10 rings (SSSR count). The van der Waals surface area contributed by atoms with Crippen LogP contribution in [0, 0.1) is 0 Å². The minimum atomic E-state index is 0.504. The average molecular weight is 709 g/mol. The van der Waals surface area contributed by atoms with Crippen LogP contribution in [0.1, 0.15) is 0 Å². The van der Waals surface area contributed by atoms with E-state index in [0.717, 1.165) is 16.7 Å². The van der Waals surface area contributed by atoms with E-state index in [4.69, 9.17) is 4.42 Å². The minimum Gasteiger partial charge on any atom is -0.416 e. The molecule has 0 atom stereocenters. The second-order valence-electron chi connectivity index (χ2n) is 13.5. The molecular formula is C50H32N2OS. The summed E-state index contributed by atoms with van der Waals surface area (Å²) in [5.41, 5.74) is 13.8. The van der Waals surface area contributed by atoms with E-state index in [0.29, 0.717) is 11.8 Å². The van der Waals surface area contributed by atoms with E-state index in [1.54, 1.807) is 0 Å². The zero-order chi connectivity index (χ0) is 35.8. The molecule has 2 aromatic heterocycles. The normalized spacial score (nSPS) is 11.3. The first-order valence-electron chi connectivity index (χ1n) is 18.1. The number of nitrogens with zero attached hydrogens (tertiary/aromatic N) is 2. The Morgan fingerprint density at radius 1 is 0.315 bits per heavy atom. The van der Waals surface area contributed by atoms with Gasteiger partial charge in [0, 0.05) is 36.9 Å². The van der Waals surface area contributed by atoms with E-state index >= 15 is 0 Å². The van der Waals surface area contributed by atoms with Gasteiger partial charge in [0.25, 0.3) is 0 Å². The van der Waals surface area contributed by atoms with Gasteiger partial charge in [-0.3, -0.25) is 0 Å². The van der Waals surface area contributed by atoms with E-state index in [9.17, 15) is 0 Å². The SMILES string of the molecule is c1ccc(-c2ccc(-c3ccc4sc5c(-c6ccc(-c7nnc(-c8ccccc8)o7)cc6)cc(-c6ccc(-c7ccccc7)cc6)cc5c4c3)cc2)cc1. The van der Waals surface area contributed by atoms with Gasteiger partial charge in [0.15, 0.2) is 0 Å². The van der Waals surface area contributed by atoms with Crippen molar-refractivity contribution in [3.05, 3.63) is 194 Å². The summed E-state index contributed by atoms with van der Waals surface area (Å²) in [6.07, 6.45) is 0. The smallest absolute Gasteiger partial charge is 0.248 e. The molecule has 10 aromatic rings. The van der Waals surface area contributed by atoms with Crippen LogP contribution < -0.4 is 0 Å². The highest BCUT2D eigenvalue weighted by Gasteiger charge is 2.16. The van der Waals surface area contributed by atoms with Gasteiger partial charge in [-0.1, -0.05) is 146 Å². The maximum Gasteiger partial charge on any atom is 0.248 e. The van der Waals surface area contributed by atoms with Crippen LogP contribution >= 0.6 is 11.3 Å². The zero-order valence-electron chi connectivity index (χ0n) is 29.2. The summed E-state index contributed by atoms with van der Waals surface area (Å²) in [5.74, 6) is 1.02. The monoisotopic (exact) mass is 708 g/mol. The summed E-state index contributed by atoms with van der Waals surface area (Å²) in [6.45, 7) is 0. The van der Waals surface area contributed by atoms with Crippen molar-refractivity contribution in [1.82, 2.24) is 10.2 Å². The first-order valence-corrected chi connectivity index (χ1v) is 18.9. The number of benzene rings is 8. The fraction of sp³-hybridized carbons (Fsp3) is 0. The van der Waals surface area contributed by atoms with Crippen molar-refractivity contribution in [2.24, 2.45) is 0 Å². The molecule has 254 valence electrons. The highest BCUT2D eigenvalue weighted by atomic mass is 32.1. The van der Waals surface area contributed by atoms with Gasteiger partial charge < -0.3 is 4.42 Å². The maximum absolute atomic E-state index is 6.09. The van der Waals surface area contributed by atoms with Crippen molar-refractivity contribution in [2.75, 3.05) is 0 Å². The van der Waals surface area contributed by atoms with Gasteiger partial charge in [0.1, 0.15) is 0 Å². The lowest BCUT2D eigenvalue weighted by Crippen LogP contribution is -1.85. The van der Waals surface area contributed by atoms with Gasteiger partial charge in [-0.25, -0.2) is 0 Å². The fourth-order valence-corrected chi connectivity index (χ4v) is 8.44. The maximum atomic E-state index is 6.09. The standard InChI is InChI=1S/C50H32N2OS/c1-4-10-33(11-5-1)35-16-20-37(21-17-35)42-28-29-47-45(30-42)46-32-43(38-22-18-36(19-23-38)34-12-6-2-7-13-34)31-44(48(46)54-47)39-24-26-41(27-25-39)50-52-51-49(53-50)40-14-8-3-9-15-40/h1-32H. The van der Waals surface area contributed by atoms with Gasteiger partial charge in [-0.05, 0) is 98.6 Å². The number of aromatic nitrogens is 2. The van der Waals surface area contributed by atoms with Gasteiger partial charge in [-0.2, -0.15) is 0 Å². The second-order valence-corrected chi connectivity index (χ2v) is 14.5. The fourth-order valence-electron chi connectivity index (χ4n) is 7.24. The molecule has 4 heteroatoms. The molecule has 0 fully saturated rings. The quantitative estimate of drug-likeness (QED) is 0.165. The van der Waals surface area contributed by atoms with Gasteiger partial charge in [0.05, 0.1) is 0 Å². The van der Waals surface area contributed by atoms with E-state index in [1.165, 1.54) is 70.2 Å². The van der Waals surface area contributed by atoms with E-state index in [-0.39, 0.29) is 0 Å². The molecule has 0 aliphatic carbocycles. The topological polar surface area (TPSA) is 38.9 Å². The number of fused-ring (bicyclic) bond motifs is 3. The molecule has 54 heavy (non-hydrogen) atoms. The predicted octanol–water partition coefficient (Wildman–Crippen LogP) is 14.1. The molecule has 0 radical (unpaired) electrons. The summed E-state index contributed by atoms with van der Waals surface area (Å²) in [5, 5.41) is 11.2. The lowest BCUT2D eigenvalue weighted by atomic mass is 9.94. The molecule has 0 N–H and O–H groups in total. The van der Waals surface area contributed by atoms with Crippen LogP contribution in [0.25, 0.3) is 98.7 Å². The largest absolute Gasteiger partial charge is 0.416 e. The summed E-state index contributed by atoms with van der Waals surface area (Å²) < 4.78 is 8.62. The number of hydrogen-bond donors (Lipinski definition) is 0. The molecule has 0 spiro atoms. The van der Waals surface area contributed by atoms with Crippen molar-refractivity contribution in [3.8, 4) is 78.5 Å². The summed E-state index contributed by atoms with van der Waals surface area (Å²) in [6, 6.07) is 68.9. The number of hydrogen-bond acceptors (Lipinski definition) is 4. The van der Waals surface area contributed by atoms with Crippen molar-refractivity contribution >= 4 is 31.5 Å². The molecular weight excluding hydrogens is 677 g/mol. The van der Waals surface area contributed by atoms with E-state index < -0.39 is 0 Å². The average Bonchev–Trinajstić information content (AvgIpc) is 3.90. The Morgan fingerprint density at radius 3 is 1.26 bits per heavy atom. The molecule has 0 unspecified atom stereocenters. The lowest BCUT2D eigenvalue weighted by Gasteiger charge is -2.11. The van der Waals surface area contributed by atoms with Crippen molar-refractivity contribution in [2.45, 2.75) is 0 Å². The number of thiophene rings is 1. The lowest BCUT2D eigenvalue weighted by molar-refractivity contribution is 0.584. The third-order valence-electron chi connectivity index (χ3n) is 10.1. The Morgan fingerprint density at radius 2 is 0.704 bits per heavy atom. The summed E-state index contributed by atoms with van der Waals surface area (Å²) in [4.78, 5) is 0. The first-order chi connectivity index (χ1) is 26.7. The Balaban J connectivity index is 1.07.